The number of hydrogen-bond donors (Lipinski definition) is 2. The van der Waals surface area contributed by atoms with Crippen molar-refractivity contribution in [1.82, 2.24) is 5.06 Å². The Bertz CT molecular complexity index is 1140. The fraction of sp³-hybridized carbons (Fsp3) is 0.238. The van der Waals surface area contributed by atoms with Crippen LogP contribution in [-0.2, 0) is 10.3 Å². The van der Waals surface area contributed by atoms with Crippen molar-refractivity contribution in [1.29, 1.82) is 0 Å². The highest BCUT2D eigenvalue weighted by atomic mass is 32.2. The first kappa shape index (κ1) is 20.8. The number of hydroxylamine groups is 2. The van der Waals surface area contributed by atoms with E-state index < -0.39 is 28.1 Å². The van der Waals surface area contributed by atoms with Crippen molar-refractivity contribution in [2.75, 3.05) is 6.54 Å². The number of nitrogens with two attached hydrogens (primary N) is 1. The number of carbonyl (C=O) groups excluding carboxylic acids is 1. The lowest BCUT2D eigenvalue weighted by atomic mass is 9.92. The molecule has 0 fully saturated rings. The number of primary amides is 1. The Morgan fingerprint density at radius 3 is 2.69 bits per heavy atom. The summed E-state index contributed by atoms with van der Waals surface area (Å²) in [7, 11) is -2.37. The topological polar surface area (TPSA) is 101 Å². The summed E-state index contributed by atoms with van der Waals surface area (Å²) < 4.78 is 37.3. The van der Waals surface area contributed by atoms with E-state index in [4.69, 9.17) is 5.73 Å². The molecule has 8 heteroatoms. The van der Waals surface area contributed by atoms with E-state index in [2.05, 4.69) is 0 Å². The number of hydrogen-bond acceptors (Lipinski definition) is 4. The lowest BCUT2D eigenvalue weighted by Gasteiger charge is -2.14. The number of fused-ring (bicyclic) bond motifs is 1. The van der Waals surface area contributed by atoms with Gasteiger partial charge in [0, 0.05) is 5.92 Å². The third-order valence-corrected chi connectivity index (χ3v) is 5.86. The van der Waals surface area contributed by atoms with Gasteiger partial charge in [-0.05, 0) is 66.3 Å². The van der Waals surface area contributed by atoms with E-state index in [0.717, 1.165) is 27.9 Å². The minimum Gasteiger partial charge on any atom is -0.350 e. The highest BCUT2D eigenvalue weighted by molar-refractivity contribution is 7.73. The lowest BCUT2D eigenvalue weighted by molar-refractivity contribution is -0.0372. The van der Waals surface area contributed by atoms with Crippen LogP contribution >= 0.6 is 0 Å². The van der Waals surface area contributed by atoms with Crippen LogP contribution in [0.4, 0.5) is 9.18 Å². The summed E-state index contributed by atoms with van der Waals surface area (Å²) in [6, 6.07) is 3.43. The zero-order valence-electron chi connectivity index (χ0n) is 16.0. The van der Waals surface area contributed by atoms with Crippen LogP contribution in [0.15, 0.2) is 53.6 Å². The van der Waals surface area contributed by atoms with E-state index in [1.807, 2.05) is 32.1 Å². The van der Waals surface area contributed by atoms with Crippen molar-refractivity contribution in [2.45, 2.75) is 20.3 Å². The Labute approximate surface area is 169 Å². The van der Waals surface area contributed by atoms with Crippen LogP contribution in [-0.4, -0.2) is 36.1 Å². The third-order valence-electron chi connectivity index (χ3n) is 5.09. The molecule has 0 heterocycles. The van der Waals surface area contributed by atoms with Crippen molar-refractivity contribution in [2.24, 2.45) is 11.7 Å². The summed E-state index contributed by atoms with van der Waals surface area (Å²) >= 11 is 0. The molecule has 6 nitrogen and oxygen atoms in total. The summed E-state index contributed by atoms with van der Waals surface area (Å²) in [6.07, 6.45) is 7.40. The smallest absolute Gasteiger partial charge is 0.338 e. The van der Waals surface area contributed by atoms with E-state index in [0.29, 0.717) is 10.6 Å². The van der Waals surface area contributed by atoms with Gasteiger partial charge in [0.25, 0.3) is 0 Å². The van der Waals surface area contributed by atoms with E-state index in [1.165, 1.54) is 12.1 Å². The summed E-state index contributed by atoms with van der Waals surface area (Å²) in [5, 5.41) is 9.99. The van der Waals surface area contributed by atoms with Gasteiger partial charge in [-0.2, -0.15) is 8.42 Å². The number of urea groups is 1. The molecule has 0 bridgehead atoms. The Hall–Kier alpha value is -2.97. The lowest BCUT2D eigenvalue weighted by Crippen LogP contribution is -2.33. The van der Waals surface area contributed by atoms with Crippen molar-refractivity contribution in [3.63, 3.8) is 0 Å². The van der Waals surface area contributed by atoms with Gasteiger partial charge in [-0.3, -0.25) is 5.21 Å². The van der Waals surface area contributed by atoms with Crippen LogP contribution in [0.25, 0.3) is 11.1 Å². The SMILES string of the molecule is CC1=CC(=S(=O)=O)C(/C=C2/C(C)=C(CCN(O)C(N)=O)c3cc(F)ccc32)C=C1. The Balaban J connectivity index is 2.07. The van der Waals surface area contributed by atoms with Gasteiger partial charge < -0.3 is 5.73 Å². The highest BCUT2D eigenvalue weighted by Gasteiger charge is 2.26. The van der Waals surface area contributed by atoms with Gasteiger partial charge in [0.15, 0.2) is 0 Å². The number of benzene rings is 1. The standard InChI is InChI=1S/C21H21FN2O4S/c1-12-3-4-14(20(9-12)29(27)28)10-18-13(2)16(7-8-24(26)21(23)25)19-11-15(22)5-6-17(18)19/h3-6,9-11,14,26H,7-8H2,1-2H3,(H2,23,25)/b18-10-. The van der Waals surface area contributed by atoms with Crippen LogP contribution < -0.4 is 5.73 Å². The molecule has 29 heavy (non-hydrogen) atoms. The molecule has 2 aliphatic rings. The number of amides is 2. The molecule has 1 aromatic rings. The molecule has 3 N–H and O–H groups in total. The Morgan fingerprint density at radius 2 is 2.03 bits per heavy atom. The minimum atomic E-state index is -2.37. The average Bonchev–Trinajstić information content (AvgIpc) is 2.91. The van der Waals surface area contributed by atoms with E-state index in [-0.39, 0.29) is 17.8 Å². The zero-order valence-corrected chi connectivity index (χ0v) is 16.8. The van der Waals surface area contributed by atoms with Gasteiger partial charge in [-0.1, -0.05) is 29.9 Å². The van der Waals surface area contributed by atoms with Crippen LogP contribution in [0.1, 0.15) is 31.4 Å². The van der Waals surface area contributed by atoms with E-state index in [9.17, 15) is 22.8 Å². The fourth-order valence-corrected chi connectivity index (χ4v) is 4.28. The number of rotatable bonds is 4. The maximum Gasteiger partial charge on any atom is 0.338 e. The molecule has 1 aromatic carbocycles. The average molecular weight is 416 g/mol. The molecule has 0 spiro atoms. The van der Waals surface area contributed by atoms with Gasteiger partial charge in [-0.25, -0.2) is 14.2 Å². The fourth-order valence-electron chi connectivity index (χ4n) is 3.63. The molecule has 2 aliphatic carbocycles. The second-order valence-corrected chi connectivity index (χ2v) is 7.94. The first-order valence-electron chi connectivity index (χ1n) is 8.99. The molecule has 3 rings (SSSR count). The predicted octanol–water partition coefficient (Wildman–Crippen LogP) is 3.34. The number of nitrogens with zero attached hydrogens (tertiary/aromatic N) is 1. The van der Waals surface area contributed by atoms with Gasteiger partial charge in [0.2, 0.25) is 10.3 Å². The zero-order chi connectivity index (χ0) is 21.3. The van der Waals surface area contributed by atoms with Crippen molar-refractivity contribution in [3.05, 3.63) is 70.6 Å². The quantitative estimate of drug-likeness (QED) is 0.447. The van der Waals surface area contributed by atoms with Crippen molar-refractivity contribution >= 4 is 32.3 Å². The molecule has 1 unspecified atom stereocenters. The normalized spacial score (nSPS) is 19.4. The van der Waals surface area contributed by atoms with E-state index in [1.54, 1.807) is 12.1 Å². The predicted molar refractivity (Wildman–Crippen MR) is 110 cm³/mol. The molecule has 0 saturated heterocycles. The van der Waals surface area contributed by atoms with Crippen LogP contribution in [0.5, 0.6) is 0 Å². The maximum absolute atomic E-state index is 13.9. The van der Waals surface area contributed by atoms with Crippen molar-refractivity contribution < 1.29 is 22.8 Å². The molecule has 1 atom stereocenters. The maximum atomic E-state index is 13.9. The van der Waals surface area contributed by atoms with Gasteiger partial charge in [0.05, 0.1) is 11.4 Å². The molecule has 2 amide bonds. The highest BCUT2D eigenvalue weighted by Crippen LogP contribution is 2.43. The van der Waals surface area contributed by atoms with Gasteiger partial charge >= 0.3 is 6.03 Å². The van der Waals surface area contributed by atoms with Gasteiger partial charge in [0.1, 0.15) is 5.82 Å². The van der Waals surface area contributed by atoms with Gasteiger partial charge in [-0.15, -0.1) is 0 Å². The second kappa shape index (κ2) is 8.18. The van der Waals surface area contributed by atoms with Crippen LogP contribution in [0.2, 0.25) is 0 Å². The summed E-state index contributed by atoms with van der Waals surface area (Å²) in [5.74, 6) is -0.853. The summed E-state index contributed by atoms with van der Waals surface area (Å²) in [4.78, 5) is 11.3. The number of allylic oxidation sites excluding steroid dienone is 7. The molecule has 0 aliphatic heterocycles. The Kier molecular flexibility index (Phi) is 5.86. The van der Waals surface area contributed by atoms with Crippen LogP contribution in [0, 0.1) is 11.7 Å². The largest absolute Gasteiger partial charge is 0.350 e. The monoisotopic (exact) mass is 416 g/mol. The van der Waals surface area contributed by atoms with E-state index >= 15 is 0 Å². The second-order valence-electron chi connectivity index (χ2n) is 7.00. The van der Waals surface area contributed by atoms with Crippen molar-refractivity contribution in [3.8, 4) is 0 Å². The molecule has 0 radical (unpaired) electrons. The first-order valence-corrected chi connectivity index (χ1v) is 10.1. The molecule has 0 aromatic heterocycles. The summed E-state index contributed by atoms with van der Waals surface area (Å²) in [5.41, 5.74) is 9.72. The minimum absolute atomic E-state index is 0.0432. The molecular formula is C21H21FN2O4S. The van der Waals surface area contributed by atoms with Crippen LogP contribution in [0.3, 0.4) is 0 Å². The first-order chi connectivity index (χ1) is 13.7. The number of carbonyl (C=O) groups is 1. The Morgan fingerprint density at radius 1 is 1.31 bits per heavy atom. The third kappa shape index (κ3) is 4.23. The number of halogens is 1. The molecule has 152 valence electrons. The molecular weight excluding hydrogens is 395 g/mol. The molecule has 0 saturated carbocycles. The summed E-state index contributed by atoms with van der Waals surface area (Å²) in [6.45, 7) is 3.63.